The number of carbonyl (C=O) groups is 2. The standard InChI is InChI=1S/C21H25NO4/c1-13(2)25-21(24)17-7-9-18(10-8-17)22-20(23)16(5)26-19-11-6-14(3)15(4)12-19/h6-13,16H,1-5H3,(H,22,23). The number of esters is 1. The van der Waals surface area contributed by atoms with E-state index in [-0.39, 0.29) is 18.0 Å². The van der Waals surface area contributed by atoms with E-state index in [1.165, 1.54) is 5.56 Å². The van der Waals surface area contributed by atoms with Crippen molar-refractivity contribution in [1.82, 2.24) is 0 Å². The number of nitrogens with one attached hydrogen (secondary N) is 1. The minimum atomic E-state index is -0.650. The summed E-state index contributed by atoms with van der Waals surface area (Å²) in [4.78, 5) is 24.1. The first-order chi connectivity index (χ1) is 12.3. The highest BCUT2D eigenvalue weighted by Crippen LogP contribution is 2.18. The van der Waals surface area contributed by atoms with Gasteiger partial charge in [-0.25, -0.2) is 4.79 Å². The second-order valence-electron chi connectivity index (χ2n) is 6.53. The molecule has 0 fully saturated rings. The van der Waals surface area contributed by atoms with Crippen LogP contribution in [0.1, 0.15) is 42.3 Å². The summed E-state index contributed by atoms with van der Waals surface area (Å²) in [7, 11) is 0. The highest BCUT2D eigenvalue weighted by Gasteiger charge is 2.16. The highest BCUT2D eigenvalue weighted by molar-refractivity contribution is 5.95. The lowest BCUT2D eigenvalue weighted by atomic mass is 10.1. The summed E-state index contributed by atoms with van der Waals surface area (Å²) in [6.07, 6.45) is -0.826. The zero-order valence-electron chi connectivity index (χ0n) is 15.8. The van der Waals surface area contributed by atoms with Crippen LogP contribution in [0.4, 0.5) is 5.69 Å². The summed E-state index contributed by atoms with van der Waals surface area (Å²) in [5.41, 5.74) is 3.31. The SMILES string of the molecule is Cc1ccc(OC(C)C(=O)Nc2ccc(C(=O)OC(C)C)cc2)cc1C. The number of hydrogen-bond donors (Lipinski definition) is 1. The second kappa shape index (κ2) is 8.52. The third-order valence-electron chi connectivity index (χ3n) is 3.89. The highest BCUT2D eigenvalue weighted by atomic mass is 16.5. The average molecular weight is 355 g/mol. The van der Waals surface area contributed by atoms with Crippen LogP contribution in [-0.4, -0.2) is 24.1 Å². The van der Waals surface area contributed by atoms with Gasteiger partial charge in [0, 0.05) is 5.69 Å². The van der Waals surface area contributed by atoms with Gasteiger partial charge in [-0.3, -0.25) is 4.79 Å². The molecule has 2 rings (SSSR count). The van der Waals surface area contributed by atoms with Crippen LogP contribution in [0.25, 0.3) is 0 Å². The van der Waals surface area contributed by atoms with Crippen molar-refractivity contribution in [2.45, 2.75) is 46.8 Å². The molecule has 2 aromatic carbocycles. The fraction of sp³-hybridized carbons (Fsp3) is 0.333. The van der Waals surface area contributed by atoms with Crippen molar-refractivity contribution in [1.29, 1.82) is 0 Å². The summed E-state index contributed by atoms with van der Waals surface area (Å²) >= 11 is 0. The molecular formula is C21H25NO4. The number of carbonyl (C=O) groups excluding carboxylic acids is 2. The van der Waals surface area contributed by atoms with Crippen molar-refractivity contribution >= 4 is 17.6 Å². The summed E-state index contributed by atoms with van der Waals surface area (Å²) in [5.74, 6) is 0.00702. The third-order valence-corrected chi connectivity index (χ3v) is 3.89. The Labute approximate surface area is 154 Å². The van der Waals surface area contributed by atoms with Crippen molar-refractivity contribution in [3.63, 3.8) is 0 Å². The molecular weight excluding hydrogens is 330 g/mol. The maximum absolute atomic E-state index is 12.3. The van der Waals surface area contributed by atoms with Crippen LogP contribution in [-0.2, 0) is 9.53 Å². The van der Waals surface area contributed by atoms with Crippen LogP contribution in [0.15, 0.2) is 42.5 Å². The first-order valence-corrected chi connectivity index (χ1v) is 8.62. The van der Waals surface area contributed by atoms with Crippen molar-refractivity contribution < 1.29 is 19.1 Å². The van der Waals surface area contributed by atoms with E-state index in [0.29, 0.717) is 17.0 Å². The maximum Gasteiger partial charge on any atom is 0.338 e. The number of amides is 1. The maximum atomic E-state index is 12.3. The molecule has 5 nitrogen and oxygen atoms in total. The number of aryl methyl sites for hydroxylation is 2. The molecule has 0 saturated heterocycles. The van der Waals surface area contributed by atoms with Crippen LogP contribution in [0.2, 0.25) is 0 Å². The Morgan fingerprint density at radius 2 is 1.58 bits per heavy atom. The number of rotatable bonds is 6. The van der Waals surface area contributed by atoms with Gasteiger partial charge in [0.1, 0.15) is 5.75 Å². The molecule has 5 heteroatoms. The molecule has 1 N–H and O–H groups in total. The van der Waals surface area contributed by atoms with E-state index < -0.39 is 6.10 Å². The molecule has 0 bridgehead atoms. The first kappa shape index (κ1) is 19.5. The van der Waals surface area contributed by atoms with Gasteiger partial charge in [0.15, 0.2) is 6.10 Å². The molecule has 0 aliphatic carbocycles. The zero-order chi connectivity index (χ0) is 19.3. The van der Waals surface area contributed by atoms with E-state index in [0.717, 1.165) is 5.56 Å². The summed E-state index contributed by atoms with van der Waals surface area (Å²) < 4.78 is 10.8. The monoisotopic (exact) mass is 355 g/mol. The van der Waals surface area contributed by atoms with Crippen LogP contribution in [0.5, 0.6) is 5.75 Å². The molecule has 138 valence electrons. The molecule has 0 spiro atoms. The normalized spacial score (nSPS) is 11.8. The predicted molar refractivity (Wildman–Crippen MR) is 102 cm³/mol. The molecule has 1 unspecified atom stereocenters. The van der Waals surface area contributed by atoms with Gasteiger partial charge >= 0.3 is 5.97 Å². The van der Waals surface area contributed by atoms with Crippen LogP contribution in [0.3, 0.4) is 0 Å². The van der Waals surface area contributed by atoms with E-state index >= 15 is 0 Å². The van der Waals surface area contributed by atoms with Gasteiger partial charge in [-0.2, -0.15) is 0 Å². The molecule has 0 aromatic heterocycles. The van der Waals surface area contributed by atoms with Gasteiger partial charge in [-0.15, -0.1) is 0 Å². The summed E-state index contributed by atoms with van der Waals surface area (Å²) in [6, 6.07) is 12.3. The van der Waals surface area contributed by atoms with E-state index in [4.69, 9.17) is 9.47 Å². The quantitative estimate of drug-likeness (QED) is 0.786. The number of ether oxygens (including phenoxy) is 2. The fourth-order valence-electron chi connectivity index (χ4n) is 2.26. The summed E-state index contributed by atoms with van der Waals surface area (Å²) in [5, 5.41) is 2.78. The molecule has 26 heavy (non-hydrogen) atoms. The predicted octanol–water partition coefficient (Wildman–Crippen LogP) is 4.27. The molecule has 1 atom stereocenters. The molecule has 0 saturated carbocycles. The van der Waals surface area contributed by atoms with Crippen LogP contribution >= 0.6 is 0 Å². The molecule has 0 radical (unpaired) electrons. The Morgan fingerprint density at radius 1 is 0.923 bits per heavy atom. The van der Waals surface area contributed by atoms with Crippen molar-refractivity contribution in [3.8, 4) is 5.75 Å². The van der Waals surface area contributed by atoms with Crippen LogP contribution < -0.4 is 10.1 Å². The van der Waals surface area contributed by atoms with Gasteiger partial charge in [-0.1, -0.05) is 6.07 Å². The lowest BCUT2D eigenvalue weighted by molar-refractivity contribution is -0.122. The minimum absolute atomic E-state index is 0.176. The minimum Gasteiger partial charge on any atom is -0.481 e. The van der Waals surface area contributed by atoms with E-state index in [2.05, 4.69) is 5.32 Å². The number of hydrogen-bond acceptors (Lipinski definition) is 4. The smallest absolute Gasteiger partial charge is 0.338 e. The lowest BCUT2D eigenvalue weighted by Gasteiger charge is -2.16. The third kappa shape index (κ3) is 5.34. The van der Waals surface area contributed by atoms with E-state index in [1.807, 2.05) is 32.0 Å². The average Bonchev–Trinajstić information content (AvgIpc) is 2.58. The molecule has 0 aliphatic heterocycles. The van der Waals surface area contributed by atoms with Gasteiger partial charge in [0.2, 0.25) is 0 Å². The second-order valence-corrected chi connectivity index (χ2v) is 6.53. The van der Waals surface area contributed by atoms with Gasteiger partial charge in [0.25, 0.3) is 5.91 Å². The largest absolute Gasteiger partial charge is 0.481 e. The Balaban J connectivity index is 1.95. The first-order valence-electron chi connectivity index (χ1n) is 8.62. The summed E-state index contributed by atoms with van der Waals surface area (Å²) in [6.45, 7) is 9.31. The molecule has 2 aromatic rings. The topological polar surface area (TPSA) is 64.6 Å². The Kier molecular flexibility index (Phi) is 6.39. The Bertz CT molecular complexity index is 781. The zero-order valence-corrected chi connectivity index (χ0v) is 15.8. The van der Waals surface area contributed by atoms with Gasteiger partial charge in [-0.05, 0) is 82.1 Å². The van der Waals surface area contributed by atoms with Gasteiger partial charge in [0.05, 0.1) is 11.7 Å². The number of anilines is 1. The number of benzene rings is 2. The van der Waals surface area contributed by atoms with E-state index in [9.17, 15) is 9.59 Å². The molecule has 0 heterocycles. The lowest BCUT2D eigenvalue weighted by Crippen LogP contribution is -2.30. The Morgan fingerprint density at radius 3 is 2.15 bits per heavy atom. The fourth-order valence-corrected chi connectivity index (χ4v) is 2.26. The Hall–Kier alpha value is -2.82. The van der Waals surface area contributed by atoms with Crippen LogP contribution in [0, 0.1) is 13.8 Å². The van der Waals surface area contributed by atoms with Crippen molar-refractivity contribution in [2.75, 3.05) is 5.32 Å². The van der Waals surface area contributed by atoms with E-state index in [1.54, 1.807) is 45.0 Å². The van der Waals surface area contributed by atoms with Gasteiger partial charge < -0.3 is 14.8 Å². The molecule has 0 aliphatic rings. The van der Waals surface area contributed by atoms with Crippen molar-refractivity contribution in [2.24, 2.45) is 0 Å². The van der Waals surface area contributed by atoms with Crippen molar-refractivity contribution in [3.05, 3.63) is 59.2 Å². The molecule has 1 amide bonds.